The van der Waals surface area contributed by atoms with Crippen molar-refractivity contribution in [1.29, 1.82) is 0 Å². The summed E-state index contributed by atoms with van der Waals surface area (Å²) in [4.78, 5) is 12.6. The molecule has 0 amide bonds. The van der Waals surface area contributed by atoms with E-state index in [1.807, 2.05) is 0 Å². The summed E-state index contributed by atoms with van der Waals surface area (Å²) in [5.74, 6) is -0.657. The average molecular weight is 434 g/mol. The number of benzene rings is 2. The first-order valence-corrected chi connectivity index (χ1v) is 9.61. The van der Waals surface area contributed by atoms with Crippen molar-refractivity contribution in [2.45, 2.75) is 43.2 Å². The molecule has 31 heavy (non-hydrogen) atoms. The van der Waals surface area contributed by atoms with Gasteiger partial charge in [-0.3, -0.25) is 4.79 Å². The quantitative estimate of drug-likeness (QED) is 0.385. The topological polar surface area (TPSA) is 166 Å². The molecule has 0 spiro atoms. The first kappa shape index (κ1) is 21.3. The normalized spacial score (nSPS) is 30.4. The molecule has 4 rings (SSSR count). The van der Waals surface area contributed by atoms with Crippen molar-refractivity contribution >= 4 is 5.78 Å². The van der Waals surface area contributed by atoms with Crippen LogP contribution >= 0.6 is 0 Å². The summed E-state index contributed by atoms with van der Waals surface area (Å²) in [5, 5.41) is 59.0. The van der Waals surface area contributed by atoms with Gasteiger partial charge in [-0.2, -0.15) is 0 Å². The highest BCUT2D eigenvalue weighted by Crippen LogP contribution is 2.42. The van der Waals surface area contributed by atoms with E-state index in [0.717, 1.165) is 6.07 Å². The third kappa shape index (κ3) is 4.03. The van der Waals surface area contributed by atoms with Crippen molar-refractivity contribution in [2.75, 3.05) is 6.61 Å². The molecule has 0 radical (unpaired) electrons. The Kier molecular flexibility index (Phi) is 5.73. The highest BCUT2D eigenvalue weighted by atomic mass is 16.7. The second-order valence-corrected chi connectivity index (χ2v) is 7.46. The maximum absolute atomic E-state index is 12.6. The Morgan fingerprint density at radius 1 is 1.00 bits per heavy atom. The predicted octanol–water partition coefficient (Wildman–Crippen LogP) is -0.0170. The van der Waals surface area contributed by atoms with E-state index >= 15 is 0 Å². The maximum Gasteiger partial charge on any atom is 0.229 e. The molecule has 2 aromatic carbocycles. The van der Waals surface area contributed by atoms with Gasteiger partial charge in [0, 0.05) is 12.1 Å². The van der Waals surface area contributed by atoms with Crippen LogP contribution in [0.15, 0.2) is 36.4 Å². The van der Waals surface area contributed by atoms with Gasteiger partial charge in [-0.15, -0.1) is 0 Å². The van der Waals surface area contributed by atoms with Crippen LogP contribution in [0, 0.1) is 0 Å². The van der Waals surface area contributed by atoms with Crippen LogP contribution < -0.4 is 9.47 Å². The van der Waals surface area contributed by atoms with Gasteiger partial charge < -0.3 is 44.8 Å². The van der Waals surface area contributed by atoms with Gasteiger partial charge >= 0.3 is 0 Å². The smallest absolute Gasteiger partial charge is 0.229 e. The number of ether oxygens (including phenoxy) is 3. The molecule has 166 valence electrons. The van der Waals surface area contributed by atoms with E-state index in [0.29, 0.717) is 5.56 Å². The van der Waals surface area contributed by atoms with Gasteiger partial charge in [0.05, 0.1) is 13.0 Å². The number of Topliss-reactive ketones (excluding diaryl/α,β-unsaturated/α-hetero) is 1. The largest absolute Gasteiger partial charge is 0.508 e. The molecule has 1 fully saturated rings. The van der Waals surface area contributed by atoms with E-state index < -0.39 is 49.2 Å². The zero-order valence-corrected chi connectivity index (χ0v) is 16.2. The minimum atomic E-state index is -1.64. The number of aliphatic hydroxyl groups excluding tert-OH is 4. The summed E-state index contributed by atoms with van der Waals surface area (Å²) in [6.07, 6.45) is -8.09. The lowest BCUT2D eigenvalue weighted by Gasteiger charge is -2.39. The zero-order chi connectivity index (χ0) is 22.3. The molecule has 0 bridgehead atoms. The lowest BCUT2D eigenvalue weighted by Crippen LogP contribution is -2.60. The van der Waals surface area contributed by atoms with Crippen LogP contribution in [0.2, 0.25) is 0 Å². The van der Waals surface area contributed by atoms with Crippen LogP contribution in [0.5, 0.6) is 23.0 Å². The molecule has 2 aliphatic rings. The van der Waals surface area contributed by atoms with Gasteiger partial charge in [0.2, 0.25) is 6.29 Å². The zero-order valence-electron chi connectivity index (χ0n) is 16.2. The van der Waals surface area contributed by atoms with E-state index in [4.69, 9.17) is 14.2 Å². The third-order valence-corrected chi connectivity index (χ3v) is 5.34. The van der Waals surface area contributed by atoms with Crippen LogP contribution in [-0.2, 0) is 4.74 Å². The van der Waals surface area contributed by atoms with E-state index in [1.54, 1.807) is 12.1 Å². The molecule has 2 aromatic rings. The lowest BCUT2D eigenvalue weighted by atomic mass is 9.95. The second-order valence-electron chi connectivity index (χ2n) is 7.46. The number of aliphatic hydroxyl groups is 4. The number of carbonyl (C=O) groups is 1. The van der Waals surface area contributed by atoms with Crippen molar-refractivity contribution in [3.05, 3.63) is 47.5 Å². The number of hydrogen-bond acceptors (Lipinski definition) is 10. The first-order chi connectivity index (χ1) is 14.8. The molecule has 10 nitrogen and oxygen atoms in total. The Morgan fingerprint density at radius 2 is 1.71 bits per heavy atom. The molecule has 0 unspecified atom stereocenters. The van der Waals surface area contributed by atoms with Crippen molar-refractivity contribution in [1.82, 2.24) is 0 Å². The average Bonchev–Trinajstić information content (AvgIpc) is 2.74. The molecule has 0 saturated carbocycles. The van der Waals surface area contributed by atoms with Crippen LogP contribution in [0.1, 0.15) is 28.4 Å². The lowest BCUT2D eigenvalue weighted by molar-refractivity contribution is -0.277. The number of hydrogen-bond donors (Lipinski definition) is 6. The Hall–Kier alpha value is -2.89. The van der Waals surface area contributed by atoms with Gasteiger partial charge in [0.25, 0.3) is 0 Å². The maximum atomic E-state index is 12.6. The Balaban J connectivity index is 1.59. The molecule has 2 aliphatic heterocycles. The van der Waals surface area contributed by atoms with Crippen LogP contribution in [0.3, 0.4) is 0 Å². The SMILES string of the molecule is O=C1C[C@@H](c2ccc(O)cc2)Oc2cc(O[C@@H]3O[C@H](CO)[C@H](O)[C@H](O)[C@H]3O)cc(O)c21. The Labute approximate surface area is 176 Å². The van der Waals surface area contributed by atoms with Gasteiger partial charge in [0.15, 0.2) is 5.78 Å². The molecule has 0 aromatic heterocycles. The summed E-state index contributed by atoms with van der Waals surface area (Å²) in [6.45, 7) is -0.619. The summed E-state index contributed by atoms with van der Waals surface area (Å²) >= 11 is 0. The van der Waals surface area contributed by atoms with E-state index in [9.17, 15) is 35.4 Å². The van der Waals surface area contributed by atoms with Crippen LogP contribution in [-0.4, -0.2) is 73.7 Å². The van der Waals surface area contributed by atoms with Crippen molar-refractivity contribution in [3.8, 4) is 23.0 Å². The summed E-state index contributed by atoms with van der Waals surface area (Å²) in [6, 6.07) is 8.64. The van der Waals surface area contributed by atoms with Crippen molar-refractivity contribution in [3.63, 3.8) is 0 Å². The van der Waals surface area contributed by atoms with E-state index in [-0.39, 0.29) is 35.0 Å². The number of phenols is 2. The molecule has 0 aliphatic carbocycles. The highest BCUT2D eigenvalue weighted by Gasteiger charge is 2.45. The minimum absolute atomic E-state index is 0.0156. The number of carbonyl (C=O) groups excluding carboxylic acids is 1. The van der Waals surface area contributed by atoms with Crippen LogP contribution in [0.25, 0.3) is 0 Å². The fourth-order valence-corrected chi connectivity index (χ4v) is 3.66. The third-order valence-electron chi connectivity index (χ3n) is 5.34. The van der Waals surface area contributed by atoms with Crippen LogP contribution in [0.4, 0.5) is 0 Å². The molecular weight excluding hydrogens is 412 g/mol. The van der Waals surface area contributed by atoms with Crippen molar-refractivity contribution < 1.29 is 49.6 Å². The number of aromatic hydroxyl groups is 2. The monoisotopic (exact) mass is 434 g/mol. The Bertz CT molecular complexity index is 957. The summed E-state index contributed by atoms with van der Waals surface area (Å²) in [7, 11) is 0. The van der Waals surface area contributed by atoms with Gasteiger partial charge in [-0.1, -0.05) is 12.1 Å². The molecule has 10 heteroatoms. The number of phenolic OH excluding ortho intramolecular Hbond substituents is 2. The predicted molar refractivity (Wildman–Crippen MR) is 103 cm³/mol. The second kappa shape index (κ2) is 8.33. The molecule has 1 saturated heterocycles. The summed E-state index contributed by atoms with van der Waals surface area (Å²) in [5.41, 5.74) is 0.632. The fraction of sp³-hybridized carbons (Fsp3) is 0.381. The van der Waals surface area contributed by atoms with E-state index in [2.05, 4.69) is 0 Å². The van der Waals surface area contributed by atoms with Gasteiger partial charge in [0.1, 0.15) is 59.1 Å². The Morgan fingerprint density at radius 3 is 2.39 bits per heavy atom. The van der Waals surface area contributed by atoms with Gasteiger partial charge in [-0.25, -0.2) is 0 Å². The van der Waals surface area contributed by atoms with Gasteiger partial charge in [-0.05, 0) is 17.7 Å². The minimum Gasteiger partial charge on any atom is -0.508 e. The molecule has 6 atom stereocenters. The fourth-order valence-electron chi connectivity index (χ4n) is 3.66. The number of fused-ring (bicyclic) bond motifs is 1. The molecule has 2 heterocycles. The first-order valence-electron chi connectivity index (χ1n) is 9.61. The number of ketones is 1. The molecular formula is C21H22O10. The van der Waals surface area contributed by atoms with E-state index in [1.165, 1.54) is 18.2 Å². The standard InChI is InChI=1S/C21H22O10/c22-8-16-18(26)19(27)20(28)21(31-16)29-11-5-12(24)17-13(25)7-14(30-15(17)6-11)9-1-3-10(23)4-2-9/h1-6,14,16,18-24,26-28H,7-8H2/t14-,16+,18-,19-,20+,21+/m0/s1. The molecule has 6 N–H and O–H groups in total. The highest BCUT2D eigenvalue weighted by molar-refractivity contribution is 6.02. The number of rotatable bonds is 4. The van der Waals surface area contributed by atoms with Crippen molar-refractivity contribution in [2.24, 2.45) is 0 Å². The summed E-state index contributed by atoms with van der Waals surface area (Å²) < 4.78 is 16.7.